The van der Waals surface area contributed by atoms with E-state index in [1.165, 1.54) is 0 Å². The molecule has 2 heterocycles. The van der Waals surface area contributed by atoms with Crippen molar-refractivity contribution in [2.24, 2.45) is 0 Å². The number of thioether (sulfide) groups is 1. The number of carbonyl (C=O) groups excluding carboxylic acids is 3. The van der Waals surface area contributed by atoms with Crippen LogP contribution in [0.15, 0.2) is 53.4 Å². The monoisotopic (exact) mass is 448 g/mol. The van der Waals surface area contributed by atoms with Crippen LogP contribution in [0.3, 0.4) is 0 Å². The van der Waals surface area contributed by atoms with Gasteiger partial charge in [-0.05, 0) is 59.8 Å². The maximum atomic E-state index is 12.6. The van der Waals surface area contributed by atoms with Gasteiger partial charge in [0, 0.05) is 24.5 Å². The number of amides is 3. The lowest BCUT2D eigenvalue weighted by atomic mass is 10.1. The molecule has 162 valence electrons. The number of carbonyl (C=O) groups is 3. The smallest absolute Gasteiger partial charge is 0.294 e. The molecule has 1 N–H and O–H groups in total. The molecule has 2 aromatic rings. The van der Waals surface area contributed by atoms with Crippen molar-refractivity contribution in [1.29, 1.82) is 5.26 Å². The van der Waals surface area contributed by atoms with Crippen molar-refractivity contribution in [2.75, 3.05) is 43.1 Å². The quantitative estimate of drug-likeness (QED) is 0.701. The first-order valence-corrected chi connectivity index (χ1v) is 10.8. The van der Waals surface area contributed by atoms with Gasteiger partial charge in [-0.25, -0.2) is 0 Å². The number of morpholine rings is 1. The van der Waals surface area contributed by atoms with Crippen molar-refractivity contribution < 1.29 is 19.1 Å². The normalized spacial score (nSPS) is 17.5. The van der Waals surface area contributed by atoms with E-state index in [0.717, 1.165) is 35.4 Å². The van der Waals surface area contributed by atoms with Gasteiger partial charge in [-0.3, -0.25) is 19.3 Å². The maximum Gasteiger partial charge on any atom is 0.294 e. The van der Waals surface area contributed by atoms with Gasteiger partial charge >= 0.3 is 0 Å². The van der Waals surface area contributed by atoms with Crippen LogP contribution in [0.5, 0.6) is 0 Å². The summed E-state index contributed by atoms with van der Waals surface area (Å²) in [5.41, 5.74) is 2.83. The summed E-state index contributed by atoms with van der Waals surface area (Å²) in [4.78, 5) is 40.7. The van der Waals surface area contributed by atoms with Crippen molar-refractivity contribution in [2.45, 2.75) is 0 Å². The third kappa shape index (κ3) is 4.99. The molecule has 3 amide bonds. The molecule has 0 saturated carbocycles. The van der Waals surface area contributed by atoms with Gasteiger partial charge in [-0.1, -0.05) is 12.1 Å². The predicted octanol–water partition coefficient (Wildman–Crippen LogP) is 3.07. The van der Waals surface area contributed by atoms with Crippen LogP contribution in [-0.2, 0) is 14.3 Å². The Bertz CT molecular complexity index is 1100. The maximum absolute atomic E-state index is 12.6. The van der Waals surface area contributed by atoms with Crippen molar-refractivity contribution in [1.82, 2.24) is 4.90 Å². The zero-order chi connectivity index (χ0) is 22.5. The van der Waals surface area contributed by atoms with Crippen LogP contribution >= 0.6 is 11.8 Å². The summed E-state index contributed by atoms with van der Waals surface area (Å²) in [6.45, 7) is 2.66. The van der Waals surface area contributed by atoms with Crippen LogP contribution < -0.4 is 10.2 Å². The number of anilines is 2. The Morgan fingerprint density at radius 1 is 1.09 bits per heavy atom. The van der Waals surface area contributed by atoms with Gasteiger partial charge in [0.1, 0.15) is 6.54 Å². The fourth-order valence-corrected chi connectivity index (χ4v) is 4.20. The predicted molar refractivity (Wildman–Crippen MR) is 122 cm³/mol. The van der Waals surface area contributed by atoms with Crippen LogP contribution in [0, 0.1) is 11.3 Å². The van der Waals surface area contributed by atoms with E-state index >= 15 is 0 Å². The van der Waals surface area contributed by atoms with Gasteiger partial charge in [0.2, 0.25) is 5.91 Å². The molecule has 0 unspecified atom stereocenters. The highest BCUT2D eigenvalue weighted by Gasteiger charge is 2.36. The second kappa shape index (κ2) is 9.68. The van der Waals surface area contributed by atoms with Crippen LogP contribution in [0.4, 0.5) is 16.2 Å². The molecule has 2 aliphatic rings. The van der Waals surface area contributed by atoms with Crippen LogP contribution in [-0.4, -0.2) is 54.8 Å². The Balaban J connectivity index is 1.36. The number of hydrogen-bond acceptors (Lipinski definition) is 7. The minimum atomic E-state index is -0.512. The Hall–Kier alpha value is -3.61. The second-order valence-corrected chi connectivity index (χ2v) is 8.19. The highest BCUT2D eigenvalue weighted by molar-refractivity contribution is 8.18. The molecule has 0 aliphatic carbocycles. The molecule has 0 atom stereocenters. The number of imide groups is 1. The second-order valence-electron chi connectivity index (χ2n) is 7.20. The van der Waals surface area contributed by atoms with Gasteiger partial charge in [0.15, 0.2) is 0 Å². The SMILES string of the molecule is N#Cc1ccc(/C=C2/SC(=O)N(CC(=O)Nc3ccc(N4CCOCC4)cc3)C2=O)cc1. The van der Waals surface area contributed by atoms with Gasteiger partial charge in [0.05, 0.1) is 29.8 Å². The Morgan fingerprint density at radius 2 is 1.78 bits per heavy atom. The standard InChI is InChI=1S/C23H20N4O4S/c24-14-17-3-1-16(2-4-17)13-20-22(29)27(23(30)32-20)15-21(28)25-18-5-7-19(8-6-18)26-9-11-31-12-10-26/h1-8,13H,9-12,15H2,(H,25,28)/b20-13+. The minimum Gasteiger partial charge on any atom is -0.378 e. The zero-order valence-electron chi connectivity index (χ0n) is 17.1. The number of nitriles is 1. The number of hydrogen-bond donors (Lipinski definition) is 1. The van der Waals surface area contributed by atoms with E-state index in [4.69, 9.17) is 10.00 Å². The van der Waals surface area contributed by atoms with Crippen LogP contribution in [0.1, 0.15) is 11.1 Å². The average molecular weight is 449 g/mol. The molecule has 0 radical (unpaired) electrons. The summed E-state index contributed by atoms with van der Waals surface area (Å²) in [7, 11) is 0. The van der Waals surface area contributed by atoms with Crippen molar-refractivity contribution in [3.8, 4) is 6.07 Å². The summed E-state index contributed by atoms with van der Waals surface area (Å²) in [6, 6.07) is 16.1. The van der Waals surface area contributed by atoms with Gasteiger partial charge in [0.25, 0.3) is 11.1 Å². The van der Waals surface area contributed by atoms with E-state index < -0.39 is 17.1 Å². The Kier molecular flexibility index (Phi) is 6.54. The fourth-order valence-electron chi connectivity index (χ4n) is 3.36. The van der Waals surface area contributed by atoms with E-state index in [1.807, 2.05) is 18.2 Å². The fraction of sp³-hybridized carbons (Fsp3) is 0.217. The number of nitrogens with one attached hydrogen (secondary N) is 1. The first-order valence-electron chi connectivity index (χ1n) is 10.0. The van der Waals surface area contributed by atoms with E-state index in [1.54, 1.807) is 42.5 Å². The molecule has 2 fully saturated rings. The number of nitrogens with zero attached hydrogens (tertiary/aromatic N) is 3. The first-order chi connectivity index (χ1) is 15.5. The van der Waals surface area contributed by atoms with Crippen LogP contribution in [0.25, 0.3) is 6.08 Å². The summed E-state index contributed by atoms with van der Waals surface area (Å²) in [5.74, 6) is -0.965. The van der Waals surface area contributed by atoms with Gasteiger partial charge in [-0.2, -0.15) is 5.26 Å². The van der Waals surface area contributed by atoms with Gasteiger partial charge in [-0.15, -0.1) is 0 Å². The Morgan fingerprint density at radius 3 is 2.44 bits per heavy atom. The number of rotatable bonds is 5. The largest absolute Gasteiger partial charge is 0.378 e. The molecule has 2 aromatic carbocycles. The molecule has 0 bridgehead atoms. The topological polar surface area (TPSA) is 103 Å². The lowest BCUT2D eigenvalue weighted by molar-refractivity contribution is -0.127. The molecule has 2 saturated heterocycles. The van der Waals surface area contributed by atoms with Gasteiger partial charge < -0.3 is 15.0 Å². The lowest BCUT2D eigenvalue weighted by Crippen LogP contribution is -2.36. The Labute approximate surface area is 189 Å². The van der Waals surface area contributed by atoms with E-state index in [0.29, 0.717) is 30.0 Å². The van der Waals surface area contributed by atoms with E-state index in [2.05, 4.69) is 10.2 Å². The summed E-state index contributed by atoms with van der Waals surface area (Å²) in [6.07, 6.45) is 1.58. The summed E-state index contributed by atoms with van der Waals surface area (Å²) >= 11 is 0.790. The summed E-state index contributed by atoms with van der Waals surface area (Å²) in [5, 5.41) is 11.1. The molecule has 0 aromatic heterocycles. The molecule has 4 rings (SSSR count). The van der Waals surface area contributed by atoms with Crippen molar-refractivity contribution in [3.63, 3.8) is 0 Å². The number of benzene rings is 2. The highest BCUT2D eigenvalue weighted by Crippen LogP contribution is 2.32. The third-order valence-electron chi connectivity index (χ3n) is 5.04. The van der Waals surface area contributed by atoms with E-state index in [9.17, 15) is 14.4 Å². The molecule has 2 aliphatic heterocycles. The minimum absolute atomic E-state index is 0.238. The number of ether oxygens (including phenoxy) is 1. The molecule has 0 spiro atoms. The average Bonchev–Trinajstić information content (AvgIpc) is 3.08. The van der Waals surface area contributed by atoms with E-state index in [-0.39, 0.29) is 11.4 Å². The summed E-state index contributed by atoms with van der Waals surface area (Å²) < 4.78 is 5.35. The molecule has 8 nitrogen and oxygen atoms in total. The van der Waals surface area contributed by atoms with Crippen LogP contribution in [0.2, 0.25) is 0 Å². The molecular weight excluding hydrogens is 428 g/mol. The molecular formula is C23H20N4O4S. The zero-order valence-corrected chi connectivity index (χ0v) is 17.9. The highest BCUT2D eigenvalue weighted by atomic mass is 32.2. The molecule has 32 heavy (non-hydrogen) atoms. The van der Waals surface area contributed by atoms with Crippen molar-refractivity contribution in [3.05, 3.63) is 64.6 Å². The third-order valence-corrected chi connectivity index (χ3v) is 5.95. The first kappa shape index (κ1) is 21.6. The van der Waals surface area contributed by atoms with Crippen molar-refractivity contribution >= 4 is 46.3 Å². The lowest BCUT2D eigenvalue weighted by Gasteiger charge is -2.28. The molecule has 9 heteroatoms.